The topological polar surface area (TPSA) is 73.3 Å². The number of nitrogens with zero attached hydrogens (tertiary/aromatic N) is 1. The van der Waals surface area contributed by atoms with Crippen LogP contribution in [-0.2, 0) is 16.6 Å². The molecular formula is C25H34IN3O4. The first-order valence-corrected chi connectivity index (χ1v) is 11.2. The molecule has 0 spiro atoms. The van der Waals surface area contributed by atoms with Gasteiger partial charge >= 0.3 is 0 Å². The predicted octanol–water partition coefficient (Wildman–Crippen LogP) is 3.81. The molecular weight excluding hydrogens is 533 g/mol. The van der Waals surface area contributed by atoms with Gasteiger partial charge in [0.15, 0.2) is 17.5 Å². The minimum atomic E-state index is -0.0405. The van der Waals surface area contributed by atoms with Crippen LogP contribution in [0.1, 0.15) is 29.5 Å². The summed E-state index contributed by atoms with van der Waals surface area (Å²) in [7, 11) is 3.52. The molecule has 0 saturated carbocycles. The predicted molar refractivity (Wildman–Crippen MR) is 141 cm³/mol. The molecule has 1 saturated heterocycles. The molecule has 2 N–H and O–H groups in total. The zero-order chi connectivity index (χ0) is 22.4. The molecule has 1 fully saturated rings. The second kappa shape index (κ2) is 11.8. The van der Waals surface area contributed by atoms with Crippen LogP contribution in [-0.4, -0.2) is 53.2 Å². The van der Waals surface area contributed by atoms with Gasteiger partial charge in [-0.15, -0.1) is 24.0 Å². The van der Waals surface area contributed by atoms with Crippen LogP contribution in [0.2, 0.25) is 0 Å². The van der Waals surface area contributed by atoms with Gasteiger partial charge in [0.05, 0.1) is 7.11 Å². The van der Waals surface area contributed by atoms with E-state index in [1.165, 1.54) is 11.1 Å². The summed E-state index contributed by atoms with van der Waals surface area (Å²) < 4.78 is 22.2. The first-order chi connectivity index (χ1) is 15.6. The van der Waals surface area contributed by atoms with Crippen molar-refractivity contribution in [1.29, 1.82) is 0 Å². The first-order valence-electron chi connectivity index (χ1n) is 11.2. The maximum Gasteiger partial charge on any atom is 0.231 e. The lowest BCUT2D eigenvalue weighted by atomic mass is 9.74. The number of nitrogens with one attached hydrogen (secondary N) is 2. The molecule has 2 aromatic rings. The Morgan fingerprint density at radius 2 is 1.85 bits per heavy atom. The van der Waals surface area contributed by atoms with E-state index in [4.69, 9.17) is 18.9 Å². The summed E-state index contributed by atoms with van der Waals surface area (Å²) in [6.45, 7) is 5.39. The summed E-state index contributed by atoms with van der Waals surface area (Å²) in [5, 5.41) is 6.99. The lowest BCUT2D eigenvalue weighted by Gasteiger charge is -2.38. The number of benzene rings is 2. The van der Waals surface area contributed by atoms with Crippen molar-refractivity contribution in [2.75, 3.05) is 47.3 Å². The summed E-state index contributed by atoms with van der Waals surface area (Å²) in [5.41, 5.74) is 3.59. The molecule has 0 bridgehead atoms. The number of hydrogen-bond acceptors (Lipinski definition) is 5. The van der Waals surface area contributed by atoms with E-state index >= 15 is 0 Å². The van der Waals surface area contributed by atoms with Gasteiger partial charge in [-0.05, 0) is 61.1 Å². The van der Waals surface area contributed by atoms with E-state index in [0.29, 0.717) is 0 Å². The van der Waals surface area contributed by atoms with E-state index in [-0.39, 0.29) is 36.2 Å². The standard InChI is InChI=1S/C25H33N3O4.HI/c1-18-4-5-19(14-22(18)29-3)8-11-27-24(26-2)28-16-25(9-12-30-13-10-25)20-6-7-21-23(15-20)32-17-31-21;/h4-7,14-15H,8-13,16-17H2,1-3H3,(H2,26,27,28);1H. The second-order valence-corrected chi connectivity index (χ2v) is 8.37. The van der Waals surface area contributed by atoms with Gasteiger partial charge in [0.2, 0.25) is 6.79 Å². The van der Waals surface area contributed by atoms with E-state index in [1.807, 2.05) is 13.1 Å². The molecule has 7 nitrogen and oxygen atoms in total. The number of aryl methyl sites for hydroxylation is 1. The van der Waals surface area contributed by atoms with Crippen molar-refractivity contribution >= 4 is 29.9 Å². The van der Waals surface area contributed by atoms with Gasteiger partial charge in [0, 0.05) is 38.8 Å². The molecule has 0 aromatic heterocycles. The van der Waals surface area contributed by atoms with Crippen molar-refractivity contribution in [3.63, 3.8) is 0 Å². The molecule has 180 valence electrons. The molecule has 8 heteroatoms. The normalized spacial score (nSPS) is 16.6. The van der Waals surface area contributed by atoms with Crippen LogP contribution in [0.15, 0.2) is 41.4 Å². The molecule has 0 unspecified atom stereocenters. The third-order valence-electron chi connectivity index (χ3n) is 6.43. The van der Waals surface area contributed by atoms with Crippen molar-refractivity contribution in [2.24, 2.45) is 4.99 Å². The molecule has 2 aliphatic rings. The lowest BCUT2D eigenvalue weighted by Crippen LogP contribution is -2.48. The fraction of sp³-hybridized carbons (Fsp3) is 0.480. The van der Waals surface area contributed by atoms with E-state index in [0.717, 1.165) is 74.3 Å². The minimum Gasteiger partial charge on any atom is -0.496 e. The number of guanidine groups is 1. The maximum absolute atomic E-state index is 5.67. The third kappa shape index (κ3) is 6.03. The van der Waals surface area contributed by atoms with Crippen LogP contribution in [0.4, 0.5) is 0 Å². The second-order valence-electron chi connectivity index (χ2n) is 8.37. The average molecular weight is 567 g/mol. The van der Waals surface area contributed by atoms with Crippen molar-refractivity contribution in [3.05, 3.63) is 53.1 Å². The van der Waals surface area contributed by atoms with Crippen LogP contribution in [0.3, 0.4) is 0 Å². The summed E-state index contributed by atoms with van der Waals surface area (Å²) in [5.74, 6) is 3.37. The summed E-state index contributed by atoms with van der Waals surface area (Å²) in [6, 6.07) is 12.6. The van der Waals surface area contributed by atoms with Gasteiger partial charge in [0.1, 0.15) is 5.75 Å². The van der Waals surface area contributed by atoms with Gasteiger partial charge in [-0.2, -0.15) is 0 Å². The quantitative estimate of drug-likeness (QED) is 0.302. The zero-order valence-electron chi connectivity index (χ0n) is 19.6. The highest BCUT2D eigenvalue weighted by molar-refractivity contribution is 14.0. The smallest absolute Gasteiger partial charge is 0.231 e. The van der Waals surface area contributed by atoms with Crippen molar-refractivity contribution in [2.45, 2.75) is 31.6 Å². The van der Waals surface area contributed by atoms with Gasteiger partial charge in [0.25, 0.3) is 0 Å². The summed E-state index contributed by atoms with van der Waals surface area (Å²) >= 11 is 0. The average Bonchev–Trinajstić information content (AvgIpc) is 3.31. The van der Waals surface area contributed by atoms with Crippen molar-refractivity contribution in [3.8, 4) is 17.2 Å². The Hall–Kier alpha value is -2.20. The molecule has 2 heterocycles. The highest BCUT2D eigenvalue weighted by Crippen LogP contribution is 2.40. The Bertz CT molecular complexity index is 961. The monoisotopic (exact) mass is 567 g/mol. The number of methoxy groups -OCH3 is 1. The van der Waals surface area contributed by atoms with Crippen molar-refractivity contribution in [1.82, 2.24) is 10.6 Å². The van der Waals surface area contributed by atoms with Crippen molar-refractivity contribution < 1.29 is 18.9 Å². The molecule has 0 aliphatic carbocycles. The Morgan fingerprint density at radius 1 is 1.06 bits per heavy atom. The maximum atomic E-state index is 5.67. The van der Waals surface area contributed by atoms with Crippen LogP contribution in [0.5, 0.6) is 17.2 Å². The summed E-state index contributed by atoms with van der Waals surface area (Å²) in [4.78, 5) is 4.43. The van der Waals surface area contributed by atoms with Crippen LogP contribution in [0.25, 0.3) is 0 Å². The van der Waals surface area contributed by atoms with E-state index in [1.54, 1.807) is 7.11 Å². The third-order valence-corrected chi connectivity index (χ3v) is 6.43. The Balaban J connectivity index is 0.00000306. The molecule has 0 atom stereocenters. The van der Waals surface area contributed by atoms with Crippen LogP contribution < -0.4 is 24.8 Å². The van der Waals surface area contributed by atoms with E-state index in [9.17, 15) is 0 Å². The fourth-order valence-corrected chi connectivity index (χ4v) is 4.37. The number of rotatable bonds is 7. The minimum absolute atomic E-state index is 0. The lowest BCUT2D eigenvalue weighted by molar-refractivity contribution is 0.0513. The Morgan fingerprint density at radius 3 is 2.61 bits per heavy atom. The van der Waals surface area contributed by atoms with Gasteiger partial charge in [-0.3, -0.25) is 4.99 Å². The Labute approximate surface area is 213 Å². The molecule has 0 radical (unpaired) electrons. The number of aliphatic imine (C=N–C) groups is 1. The fourth-order valence-electron chi connectivity index (χ4n) is 4.37. The highest BCUT2D eigenvalue weighted by Gasteiger charge is 2.35. The van der Waals surface area contributed by atoms with Gasteiger partial charge in [-0.25, -0.2) is 0 Å². The number of ether oxygens (including phenoxy) is 4. The Kier molecular flexibility index (Phi) is 9.08. The first kappa shape index (κ1) is 25.4. The SMILES string of the molecule is CN=C(NCCc1ccc(C)c(OC)c1)NCC1(c2ccc3c(c2)OCO3)CCOCC1.I. The van der Waals surface area contributed by atoms with E-state index < -0.39 is 0 Å². The molecule has 0 amide bonds. The van der Waals surface area contributed by atoms with Gasteiger partial charge < -0.3 is 29.6 Å². The molecule has 4 rings (SSSR count). The molecule has 2 aliphatic heterocycles. The highest BCUT2D eigenvalue weighted by atomic mass is 127. The largest absolute Gasteiger partial charge is 0.496 e. The molecule has 33 heavy (non-hydrogen) atoms. The zero-order valence-corrected chi connectivity index (χ0v) is 21.9. The van der Waals surface area contributed by atoms with Crippen LogP contribution in [0, 0.1) is 6.92 Å². The number of halogens is 1. The number of hydrogen-bond donors (Lipinski definition) is 2. The number of fused-ring (bicyclic) bond motifs is 1. The van der Waals surface area contributed by atoms with E-state index in [2.05, 4.69) is 52.9 Å². The van der Waals surface area contributed by atoms with Crippen LogP contribution >= 0.6 is 24.0 Å². The van der Waals surface area contributed by atoms with Gasteiger partial charge in [-0.1, -0.05) is 18.2 Å². The molecule has 2 aromatic carbocycles. The summed E-state index contributed by atoms with van der Waals surface area (Å²) in [6.07, 6.45) is 2.78.